The second-order valence-electron chi connectivity index (χ2n) is 5.79. The van der Waals surface area contributed by atoms with E-state index in [1.54, 1.807) is 6.07 Å². The molecule has 1 saturated carbocycles. The molecule has 4 nitrogen and oxygen atoms in total. The summed E-state index contributed by atoms with van der Waals surface area (Å²) in [6.45, 7) is 3.15. The molecule has 0 radical (unpaired) electrons. The Morgan fingerprint density at radius 1 is 1.33 bits per heavy atom. The van der Waals surface area contributed by atoms with Crippen LogP contribution in [-0.2, 0) is 0 Å². The minimum Gasteiger partial charge on any atom is -0.369 e. The van der Waals surface area contributed by atoms with E-state index < -0.39 is 5.91 Å². The summed E-state index contributed by atoms with van der Waals surface area (Å²) >= 11 is 6.18. The number of halogens is 1. The lowest BCUT2D eigenvalue weighted by molar-refractivity contribution is 0.100. The van der Waals surface area contributed by atoms with Gasteiger partial charge in [-0.15, -0.1) is 0 Å². The predicted octanol–water partition coefficient (Wildman–Crippen LogP) is 2.93. The number of nitrogens with two attached hydrogens (primary N) is 2. The molecule has 1 aliphatic rings. The lowest BCUT2D eigenvalue weighted by Gasteiger charge is -2.37. The van der Waals surface area contributed by atoms with E-state index in [9.17, 15) is 4.79 Å². The first-order valence-corrected chi connectivity index (χ1v) is 8.02. The van der Waals surface area contributed by atoms with Gasteiger partial charge in [0.2, 0.25) is 5.91 Å². The molecule has 1 aliphatic carbocycles. The average molecular weight is 310 g/mol. The molecule has 0 atom stereocenters. The van der Waals surface area contributed by atoms with Crippen molar-refractivity contribution in [1.29, 1.82) is 0 Å². The van der Waals surface area contributed by atoms with Crippen LogP contribution >= 0.6 is 11.6 Å². The summed E-state index contributed by atoms with van der Waals surface area (Å²) in [5, 5.41) is 0.425. The van der Waals surface area contributed by atoms with E-state index in [1.165, 1.54) is 0 Å². The zero-order valence-corrected chi connectivity index (χ0v) is 13.3. The van der Waals surface area contributed by atoms with E-state index in [4.69, 9.17) is 23.1 Å². The van der Waals surface area contributed by atoms with Crippen molar-refractivity contribution in [1.82, 2.24) is 0 Å². The van der Waals surface area contributed by atoms with Crippen molar-refractivity contribution in [2.24, 2.45) is 11.5 Å². The Kier molecular flexibility index (Phi) is 5.48. The maximum atomic E-state index is 11.3. The highest BCUT2D eigenvalue weighted by atomic mass is 35.5. The van der Waals surface area contributed by atoms with Crippen molar-refractivity contribution in [3.63, 3.8) is 0 Å². The van der Waals surface area contributed by atoms with Crippen LogP contribution in [0, 0.1) is 0 Å². The number of hydrogen-bond acceptors (Lipinski definition) is 3. The smallest absolute Gasteiger partial charge is 0.250 e. The zero-order valence-electron chi connectivity index (χ0n) is 12.5. The molecule has 1 aromatic carbocycles. The van der Waals surface area contributed by atoms with Gasteiger partial charge in [-0.25, -0.2) is 0 Å². The molecule has 2 rings (SSSR count). The molecular weight excluding hydrogens is 286 g/mol. The third kappa shape index (κ3) is 3.89. The first kappa shape index (κ1) is 16.1. The number of amides is 1. The van der Waals surface area contributed by atoms with Gasteiger partial charge in [-0.3, -0.25) is 4.79 Å². The molecule has 0 aromatic heterocycles. The fourth-order valence-corrected chi connectivity index (χ4v) is 3.33. The molecule has 0 bridgehead atoms. The zero-order chi connectivity index (χ0) is 15.4. The molecule has 1 amide bonds. The highest BCUT2D eigenvalue weighted by molar-refractivity contribution is 6.34. The molecule has 1 fully saturated rings. The number of carbonyl (C=O) groups excluding carboxylic acids is 1. The standard InChI is InChI=1S/C16H24ClN3O/c1-2-9-20(12-5-3-11(18)4-6-12)13-7-8-14(16(19)21)15(17)10-13/h7-8,10-12H,2-6,9,18H2,1H3,(H2,19,21). The van der Waals surface area contributed by atoms with Crippen molar-refractivity contribution in [2.75, 3.05) is 11.4 Å². The van der Waals surface area contributed by atoms with Crippen molar-refractivity contribution in [3.8, 4) is 0 Å². The first-order chi connectivity index (χ1) is 10.0. The minimum atomic E-state index is -0.489. The maximum Gasteiger partial charge on any atom is 0.250 e. The summed E-state index contributed by atoms with van der Waals surface area (Å²) in [7, 11) is 0. The summed E-state index contributed by atoms with van der Waals surface area (Å²) in [6.07, 6.45) is 5.42. The van der Waals surface area contributed by atoms with Crippen LogP contribution in [-0.4, -0.2) is 24.5 Å². The van der Waals surface area contributed by atoms with Crippen LogP contribution in [0.2, 0.25) is 5.02 Å². The van der Waals surface area contributed by atoms with Crippen LogP contribution in [0.15, 0.2) is 18.2 Å². The lowest BCUT2D eigenvalue weighted by Crippen LogP contribution is -2.41. The van der Waals surface area contributed by atoms with Crippen LogP contribution in [0.3, 0.4) is 0 Å². The molecule has 116 valence electrons. The number of rotatable bonds is 5. The van der Waals surface area contributed by atoms with Gasteiger partial charge in [0, 0.05) is 24.3 Å². The first-order valence-electron chi connectivity index (χ1n) is 7.64. The van der Waals surface area contributed by atoms with Crippen molar-refractivity contribution >= 4 is 23.2 Å². The quantitative estimate of drug-likeness (QED) is 0.878. The van der Waals surface area contributed by atoms with E-state index >= 15 is 0 Å². The Labute approximate surface area is 131 Å². The Balaban J connectivity index is 2.21. The second-order valence-corrected chi connectivity index (χ2v) is 6.20. The van der Waals surface area contributed by atoms with Crippen LogP contribution in [0.1, 0.15) is 49.4 Å². The minimum absolute atomic E-state index is 0.338. The van der Waals surface area contributed by atoms with Crippen molar-refractivity contribution < 1.29 is 4.79 Å². The summed E-state index contributed by atoms with van der Waals surface area (Å²) in [5.74, 6) is -0.489. The third-order valence-corrected chi connectivity index (χ3v) is 4.51. The van der Waals surface area contributed by atoms with E-state index in [0.29, 0.717) is 22.7 Å². The largest absolute Gasteiger partial charge is 0.369 e. The van der Waals surface area contributed by atoms with Gasteiger partial charge in [0.25, 0.3) is 0 Å². The summed E-state index contributed by atoms with van der Waals surface area (Å²) < 4.78 is 0. The van der Waals surface area contributed by atoms with Gasteiger partial charge >= 0.3 is 0 Å². The van der Waals surface area contributed by atoms with Crippen LogP contribution in [0.4, 0.5) is 5.69 Å². The van der Waals surface area contributed by atoms with Gasteiger partial charge in [0.1, 0.15) is 0 Å². The number of primary amides is 1. The fourth-order valence-electron chi connectivity index (χ4n) is 3.06. The molecule has 21 heavy (non-hydrogen) atoms. The highest BCUT2D eigenvalue weighted by Gasteiger charge is 2.24. The molecule has 0 spiro atoms. The Morgan fingerprint density at radius 2 is 2.00 bits per heavy atom. The van der Waals surface area contributed by atoms with E-state index in [1.807, 2.05) is 12.1 Å². The summed E-state index contributed by atoms with van der Waals surface area (Å²) in [6, 6.07) is 6.35. The topological polar surface area (TPSA) is 72.3 Å². The van der Waals surface area contributed by atoms with Crippen molar-refractivity contribution in [2.45, 2.75) is 51.1 Å². The molecule has 4 N–H and O–H groups in total. The average Bonchev–Trinajstić information content (AvgIpc) is 2.45. The number of benzene rings is 1. The molecule has 0 aliphatic heterocycles. The van der Waals surface area contributed by atoms with Gasteiger partial charge in [0.05, 0.1) is 10.6 Å². The van der Waals surface area contributed by atoms with E-state index in [2.05, 4.69) is 11.8 Å². The molecule has 0 heterocycles. The van der Waals surface area contributed by atoms with Gasteiger partial charge in [-0.2, -0.15) is 0 Å². The molecule has 5 heteroatoms. The van der Waals surface area contributed by atoms with Gasteiger partial charge in [-0.1, -0.05) is 18.5 Å². The third-order valence-electron chi connectivity index (χ3n) is 4.20. The number of nitrogens with zero attached hydrogens (tertiary/aromatic N) is 1. The summed E-state index contributed by atoms with van der Waals surface area (Å²) in [5.41, 5.74) is 12.7. The van der Waals surface area contributed by atoms with Crippen LogP contribution in [0.25, 0.3) is 0 Å². The predicted molar refractivity (Wildman–Crippen MR) is 87.8 cm³/mol. The maximum absolute atomic E-state index is 11.3. The van der Waals surface area contributed by atoms with E-state index in [-0.39, 0.29) is 0 Å². The Hall–Kier alpha value is -1.26. The van der Waals surface area contributed by atoms with Gasteiger partial charge < -0.3 is 16.4 Å². The lowest BCUT2D eigenvalue weighted by atomic mass is 9.90. The highest BCUT2D eigenvalue weighted by Crippen LogP contribution is 2.30. The summed E-state index contributed by atoms with van der Waals surface area (Å²) in [4.78, 5) is 13.7. The van der Waals surface area contributed by atoms with Gasteiger partial charge in [0.15, 0.2) is 0 Å². The molecular formula is C16H24ClN3O. The number of anilines is 1. The molecule has 0 unspecified atom stereocenters. The normalized spacial score (nSPS) is 22.0. The Bertz CT molecular complexity index is 498. The van der Waals surface area contributed by atoms with Crippen molar-refractivity contribution in [3.05, 3.63) is 28.8 Å². The van der Waals surface area contributed by atoms with Crippen LogP contribution in [0.5, 0.6) is 0 Å². The number of hydrogen-bond donors (Lipinski definition) is 2. The van der Waals surface area contributed by atoms with Gasteiger partial charge in [-0.05, 0) is 50.3 Å². The molecule has 0 saturated heterocycles. The second kappa shape index (κ2) is 7.14. The monoisotopic (exact) mass is 309 g/mol. The van der Waals surface area contributed by atoms with E-state index in [0.717, 1.165) is 44.3 Å². The van der Waals surface area contributed by atoms with Crippen LogP contribution < -0.4 is 16.4 Å². The molecule has 1 aromatic rings. The fraction of sp³-hybridized carbons (Fsp3) is 0.562. The number of carbonyl (C=O) groups is 1. The Morgan fingerprint density at radius 3 is 2.52 bits per heavy atom. The SMILES string of the molecule is CCCN(c1ccc(C(N)=O)c(Cl)c1)C1CCC(N)CC1.